The molecule has 1 atom stereocenters. The maximum atomic E-state index is 13.4. The van der Waals surface area contributed by atoms with Crippen molar-refractivity contribution in [1.82, 2.24) is 0 Å². The number of anilines is 2. The van der Waals surface area contributed by atoms with E-state index in [1.54, 1.807) is 32.4 Å². The first-order valence-electron chi connectivity index (χ1n) is 10.7. The molecule has 33 heavy (non-hydrogen) atoms. The van der Waals surface area contributed by atoms with Gasteiger partial charge in [-0.3, -0.25) is 9.59 Å². The van der Waals surface area contributed by atoms with Gasteiger partial charge in [0.2, 0.25) is 11.8 Å². The van der Waals surface area contributed by atoms with Crippen LogP contribution >= 0.6 is 11.8 Å². The second-order valence-electron chi connectivity index (χ2n) is 7.29. The lowest BCUT2D eigenvalue weighted by Gasteiger charge is -2.19. The predicted octanol–water partition coefficient (Wildman–Crippen LogP) is 5.91. The minimum absolute atomic E-state index is 0.00770. The van der Waals surface area contributed by atoms with E-state index in [0.717, 1.165) is 22.6 Å². The molecule has 0 fully saturated rings. The van der Waals surface area contributed by atoms with E-state index in [9.17, 15) is 9.59 Å². The van der Waals surface area contributed by atoms with Gasteiger partial charge in [-0.1, -0.05) is 37.3 Å². The number of thioether (sulfide) groups is 1. The Hall–Kier alpha value is -3.45. The lowest BCUT2D eigenvalue weighted by atomic mass is 10.1. The average molecular weight is 465 g/mol. The molecular formula is C26H28N2O4S. The molecule has 0 bridgehead atoms. The minimum atomic E-state index is -0.498. The van der Waals surface area contributed by atoms with E-state index in [4.69, 9.17) is 9.47 Å². The highest BCUT2D eigenvalue weighted by Gasteiger charge is 2.23. The van der Waals surface area contributed by atoms with Crippen molar-refractivity contribution in [3.05, 3.63) is 78.4 Å². The summed E-state index contributed by atoms with van der Waals surface area (Å²) in [4.78, 5) is 26.1. The van der Waals surface area contributed by atoms with Gasteiger partial charge in [0, 0.05) is 23.1 Å². The predicted molar refractivity (Wildman–Crippen MR) is 133 cm³/mol. The molecule has 2 N–H and O–H groups in total. The van der Waals surface area contributed by atoms with Crippen LogP contribution in [0.25, 0.3) is 0 Å². The van der Waals surface area contributed by atoms with Gasteiger partial charge in [-0.05, 0) is 48.4 Å². The summed E-state index contributed by atoms with van der Waals surface area (Å²) in [5.41, 5.74) is 2.15. The summed E-state index contributed by atoms with van der Waals surface area (Å²) in [5, 5.41) is 5.37. The Labute approximate surface area is 198 Å². The Balaban J connectivity index is 1.81. The van der Waals surface area contributed by atoms with E-state index in [0.29, 0.717) is 23.6 Å². The summed E-state index contributed by atoms with van der Waals surface area (Å²) in [7, 11) is 3.13. The molecular weight excluding hydrogens is 436 g/mol. The SMILES string of the molecule is CCCC(=O)Nc1ccc(SC(C(=O)Nc2cc(OC)ccc2OC)c2ccccc2)cc1. The number of carbonyl (C=O) groups excluding carboxylic acids is 2. The highest BCUT2D eigenvalue weighted by molar-refractivity contribution is 8.00. The number of hydrogen-bond acceptors (Lipinski definition) is 5. The maximum Gasteiger partial charge on any atom is 0.242 e. The van der Waals surface area contributed by atoms with Crippen LogP contribution in [0.2, 0.25) is 0 Å². The zero-order chi connectivity index (χ0) is 23.6. The summed E-state index contributed by atoms with van der Waals surface area (Å²) in [6.45, 7) is 1.97. The largest absolute Gasteiger partial charge is 0.497 e. The van der Waals surface area contributed by atoms with Crippen LogP contribution in [-0.2, 0) is 9.59 Å². The number of carbonyl (C=O) groups is 2. The van der Waals surface area contributed by atoms with Crippen LogP contribution in [0.15, 0.2) is 77.7 Å². The lowest BCUT2D eigenvalue weighted by Crippen LogP contribution is -2.19. The minimum Gasteiger partial charge on any atom is -0.497 e. The number of ether oxygens (including phenoxy) is 2. The highest BCUT2D eigenvalue weighted by Crippen LogP contribution is 2.38. The van der Waals surface area contributed by atoms with Crippen LogP contribution < -0.4 is 20.1 Å². The molecule has 0 saturated heterocycles. The Bertz CT molecular complexity index is 1070. The van der Waals surface area contributed by atoms with Crippen molar-refractivity contribution < 1.29 is 19.1 Å². The Morgan fingerprint density at radius 2 is 1.64 bits per heavy atom. The molecule has 0 saturated carbocycles. The van der Waals surface area contributed by atoms with Gasteiger partial charge in [0.1, 0.15) is 16.7 Å². The average Bonchev–Trinajstić information content (AvgIpc) is 2.84. The van der Waals surface area contributed by atoms with Crippen LogP contribution in [-0.4, -0.2) is 26.0 Å². The molecule has 6 nitrogen and oxygen atoms in total. The number of nitrogens with one attached hydrogen (secondary N) is 2. The van der Waals surface area contributed by atoms with Gasteiger partial charge < -0.3 is 20.1 Å². The first-order chi connectivity index (χ1) is 16.0. The summed E-state index contributed by atoms with van der Waals surface area (Å²) >= 11 is 1.43. The zero-order valence-corrected chi connectivity index (χ0v) is 19.8. The number of methoxy groups -OCH3 is 2. The Morgan fingerprint density at radius 3 is 2.27 bits per heavy atom. The normalized spacial score (nSPS) is 11.4. The lowest BCUT2D eigenvalue weighted by molar-refractivity contribution is -0.116. The molecule has 2 amide bonds. The molecule has 172 valence electrons. The first-order valence-corrected chi connectivity index (χ1v) is 11.6. The Kier molecular flexibility index (Phi) is 8.78. The fourth-order valence-corrected chi connectivity index (χ4v) is 4.24. The van der Waals surface area contributed by atoms with Gasteiger partial charge in [0.05, 0.1) is 19.9 Å². The van der Waals surface area contributed by atoms with Gasteiger partial charge in [-0.15, -0.1) is 11.8 Å². The van der Waals surface area contributed by atoms with E-state index in [1.807, 2.05) is 61.5 Å². The molecule has 0 aliphatic heterocycles. The quantitative estimate of drug-likeness (QED) is 0.365. The van der Waals surface area contributed by atoms with Crippen LogP contribution in [0, 0.1) is 0 Å². The molecule has 0 aliphatic rings. The summed E-state index contributed by atoms with van der Waals surface area (Å²) in [6, 6.07) is 22.4. The molecule has 0 radical (unpaired) electrons. The third-order valence-electron chi connectivity index (χ3n) is 4.87. The van der Waals surface area contributed by atoms with Gasteiger partial charge in [-0.25, -0.2) is 0 Å². The topological polar surface area (TPSA) is 76.7 Å². The molecule has 0 aliphatic carbocycles. The first kappa shape index (κ1) is 24.2. The van der Waals surface area contributed by atoms with Crippen molar-refractivity contribution in [3.63, 3.8) is 0 Å². The molecule has 3 aromatic rings. The van der Waals surface area contributed by atoms with Gasteiger partial charge >= 0.3 is 0 Å². The standard InChI is InChI=1S/C26H28N2O4S/c1-4-8-24(29)27-19-11-14-21(15-12-19)33-25(18-9-6-5-7-10-18)26(30)28-22-17-20(31-2)13-16-23(22)32-3/h5-7,9-17,25H,4,8H2,1-3H3,(H,27,29)(H,28,30). The smallest absolute Gasteiger partial charge is 0.242 e. The molecule has 7 heteroatoms. The third kappa shape index (κ3) is 6.76. The van der Waals surface area contributed by atoms with E-state index in [1.165, 1.54) is 11.8 Å². The van der Waals surface area contributed by atoms with Crippen LogP contribution in [0.4, 0.5) is 11.4 Å². The van der Waals surface area contributed by atoms with Crippen LogP contribution in [0.3, 0.4) is 0 Å². The van der Waals surface area contributed by atoms with E-state index in [-0.39, 0.29) is 11.8 Å². The number of benzene rings is 3. The summed E-state index contributed by atoms with van der Waals surface area (Å²) < 4.78 is 10.7. The molecule has 0 spiro atoms. The number of hydrogen-bond donors (Lipinski definition) is 2. The second kappa shape index (κ2) is 12.0. The van der Waals surface area contributed by atoms with Crippen molar-refractivity contribution in [2.24, 2.45) is 0 Å². The zero-order valence-electron chi connectivity index (χ0n) is 19.0. The van der Waals surface area contributed by atoms with E-state index in [2.05, 4.69) is 10.6 Å². The van der Waals surface area contributed by atoms with Crippen LogP contribution in [0.1, 0.15) is 30.6 Å². The fraction of sp³-hybridized carbons (Fsp3) is 0.231. The third-order valence-corrected chi connectivity index (χ3v) is 6.14. The summed E-state index contributed by atoms with van der Waals surface area (Å²) in [6.07, 6.45) is 1.28. The molecule has 1 unspecified atom stereocenters. The second-order valence-corrected chi connectivity index (χ2v) is 8.47. The van der Waals surface area contributed by atoms with Crippen molar-refractivity contribution in [2.75, 3.05) is 24.9 Å². The van der Waals surface area contributed by atoms with Crippen molar-refractivity contribution in [2.45, 2.75) is 29.9 Å². The van der Waals surface area contributed by atoms with Gasteiger partial charge in [-0.2, -0.15) is 0 Å². The monoisotopic (exact) mass is 464 g/mol. The summed E-state index contributed by atoms with van der Waals surface area (Å²) in [5.74, 6) is 0.980. The fourth-order valence-electron chi connectivity index (χ4n) is 3.21. The molecule has 3 aromatic carbocycles. The van der Waals surface area contributed by atoms with Crippen molar-refractivity contribution in [1.29, 1.82) is 0 Å². The maximum absolute atomic E-state index is 13.4. The number of amides is 2. The highest BCUT2D eigenvalue weighted by atomic mass is 32.2. The van der Waals surface area contributed by atoms with Gasteiger partial charge in [0.25, 0.3) is 0 Å². The van der Waals surface area contributed by atoms with E-state index >= 15 is 0 Å². The van der Waals surface area contributed by atoms with Crippen LogP contribution in [0.5, 0.6) is 11.5 Å². The molecule has 3 rings (SSSR count). The molecule has 0 heterocycles. The van der Waals surface area contributed by atoms with Crippen molar-refractivity contribution >= 4 is 35.0 Å². The molecule has 0 aromatic heterocycles. The van der Waals surface area contributed by atoms with E-state index < -0.39 is 5.25 Å². The number of rotatable bonds is 10. The van der Waals surface area contributed by atoms with Crippen molar-refractivity contribution in [3.8, 4) is 11.5 Å². The van der Waals surface area contributed by atoms with Gasteiger partial charge in [0.15, 0.2) is 0 Å². The Morgan fingerprint density at radius 1 is 0.909 bits per heavy atom.